The van der Waals surface area contributed by atoms with E-state index in [2.05, 4.69) is 18.3 Å². The summed E-state index contributed by atoms with van der Waals surface area (Å²) in [5.41, 5.74) is 0.371. The third-order valence-electron chi connectivity index (χ3n) is 4.78. The molecule has 17 heavy (non-hydrogen) atoms. The fourth-order valence-electron chi connectivity index (χ4n) is 3.04. The lowest BCUT2D eigenvalue weighted by Crippen LogP contribution is -2.26. The largest absolute Gasteiger partial charge is 0.316 e. The highest BCUT2D eigenvalue weighted by atomic mass is 14.9. The van der Waals surface area contributed by atoms with Gasteiger partial charge in [0.15, 0.2) is 0 Å². The Morgan fingerprint density at radius 3 is 2.53 bits per heavy atom. The molecule has 2 saturated carbocycles. The molecular weight excluding hydrogens is 208 g/mol. The Balaban J connectivity index is 1.53. The molecule has 0 atom stereocenters. The summed E-state index contributed by atoms with van der Waals surface area (Å²) in [4.78, 5) is 0. The molecule has 0 aromatic heterocycles. The second kappa shape index (κ2) is 5.87. The monoisotopic (exact) mass is 234 g/mol. The maximum Gasteiger partial charge on any atom is 0.0628 e. The van der Waals surface area contributed by atoms with E-state index in [0.29, 0.717) is 5.41 Å². The topological polar surface area (TPSA) is 35.8 Å². The van der Waals surface area contributed by atoms with Crippen molar-refractivity contribution in [3.8, 4) is 6.07 Å². The first kappa shape index (κ1) is 12.9. The van der Waals surface area contributed by atoms with Crippen molar-refractivity contribution in [1.29, 1.82) is 5.26 Å². The Hall–Kier alpha value is -0.550. The van der Waals surface area contributed by atoms with Gasteiger partial charge in [0.25, 0.3) is 0 Å². The molecule has 96 valence electrons. The van der Waals surface area contributed by atoms with Crippen molar-refractivity contribution >= 4 is 0 Å². The summed E-state index contributed by atoms with van der Waals surface area (Å²) < 4.78 is 0. The molecular formula is C15H26N2. The molecule has 0 unspecified atom stereocenters. The maximum atomic E-state index is 8.75. The standard InChI is InChI=1S/C15H26N2/c1-13-2-4-14(5-3-13)6-11-17-12-15(7-8-15)9-10-16/h13-14,17H,2-9,11-12H2,1H3. The fraction of sp³-hybridized carbons (Fsp3) is 0.933. The fourth-order valence-corrected chi connectivity index (χ4v) is 3.04. The van der Waals surface area contributed by atoms with Crippen LogP contribution in [0.4, 0.5) is 0 Å². The number of rotatable bonds is 6. The second-order valence-electron chi connectivity index (χ2n) is 6.43. The molecule has 0 spiro atoms. The zero-order chi connectivity index (χ0) is 12.1. The van der Waals surface area contributed by atoms with E-state index in [9.17, 15) is 0 Å². The van der Waals surface area contributed by atoms with E-state index in [0.717, 1.165) is 31.3 Å². The van der Waals surface area contributed by atoms with Crippen LogP contribution < -0.4 is 5.32 Å². The average Bonchev–Trinajstić information content (AvgIpc) is 3.08. The van der Waals surface area contributed by atoms with Crippen LogP contribution in [0.15, 0.2) is 0 Å². The van der Waals surface area contributed by atoms with Crippen molar-refractivity contribution in [2.45, 2.75) is 58.3 Å². The molecule has 0 aromatic rings. The highest BCUT2D eigenvalue weighted by Crippen LogP contribution is 2.47. The van der Waals surface area contributed by atoms with E-state index in [1.807, 2.05) is 0 Å². The summed E-state index contributed by atoms with van der Waals surface area (Å²) in [6.45, 7) is 4.61. The van der Waals surface area contributed by atoms with Gasteiger partial charge in [-0.2, -0.15) is 5.26 Å². The lowest BCUT2D eigenvalue weighted by atomic mass is 9.81. The molecule has 2 nitrogen and oxygen atoms in total. The Labute approximate surface area is 106 Å². The average molecular weight is 234 g/mol. The molecule has 2 rings (SSSR count). The number of nitrogens with one attached hydrogen (secondary N) is 1. The van der Waals surface area contributed by atoms with Gasteiger partial charge in [0, 0.05) is 13.0 Å². The van der Waals surface area contributed by atoms with Gasteiger partial charge in [0.2, 0.25) is 0 Å². The minimum absolute atomic E-state index is 0.371. The first-order valence-electron chi connectivity index (χ1n) is 7.32. The van der Waals surface area contributed by atoms with Gasteiger partial charge in [-0.1, -0.05) is 32.6 Å². The molecule has 0 saturated heterocycles. The Bertz CT molecular complexity index is 267. The van der Waals surface area contributed by atoms with Crippen LogP contribution in [0.25, 0.3) is 0 Å². The third-order valence-corrected chi connectivity index (χ3v) is 4.78. The summed E-state index contributed by atoms with van der Waals surface area (Å²) in [7, 11) is 0. The first-order valence-corrected chi connectivity index (χ1v) is 7.32. The van der Waals surface area contributed by atoms with Gasteiger partial charge >= 0.3 is 0 Å². The molecule has 0 amide bonds. The summed E-state index contributed by atoms with van der Waals surface area (Å²) in [6, 6.07) is 2.33. The highest BCUT2D eigenvalue weighted by molar-refractivity contribution is 5.00. The van der Waals surface area contributed by atoms with Crippen molar-refractivity contribution in [2.24, 2.45) is 17.3 Å². The quantitative estimate of drug-likeness (QED) is 0.714. The molecule has 0 aliphatic heterocycles. The number of hydrogen-bond acceptors (Lipinski definition) is 2. The van der Waals surface area contributed by atoms with Gasteiger partial charge in [-0.25, -0.2) is 0 Å². The zero-order valence-corrected chi connectivity index (χ0v) is 11.2. The van der Waals surface area contributed by atoms with E-state index >= 15 is 0 Å². The lowest BCUT2D eigenvalue weighted by Gasteiger charge is -2.26. The van der Waals surface area contributed by atoms with Crippen LogP contribution in [0, 0.1) is 28.6 Å². The molecule has 1 N–H and O–H groups in total. The SMILES string of the molecule is CC1CCC(CCNCC2(CC#N)CC2)CC1. The predicted octanol–water partition coefficient (Wildman–Crippen LogP) is 3.49. The molecule has 0 bridgehead atoms. The molecule has 2 fully saturated rings. The summed E-state index contributed by atoms with van der Waals surface area (Å²) in [6.07, 6.45) is 10.4. The Morgan fingerprint density at radius 2 is 1.94 bits per heavy atom. The van der Waals surface area contributed by atoms with Crippen LogP contribution in [-0.2, 0) is 0 Å². The zero-order valence-electron chi connectivity index (χ0n) is 11.2. The van der Waals surface area contributed by atoms with E-state index in [1.54, 1.807) is 0 Å². The predicted molar refractivity (Wildman–Crippen MR) is 70.5 cm³/mol. The van der Waals surface area contributed by atoms with Crippen molar-refractivity contribution in [1.82, 2.24) is 5.32 Å². The summed E-state index contributed by atoms with van der Waals surface area (Å²) in [5, 5.41) is 12.3. The molecule has 0 aromatic carbocycles. The number of nitriles is 1. The smallest absolute Gasteiger partial charge is 0.0628 e. The Morgan fingerprint density at radius 1 is 1.24 bits per heavy atom. The minimum atomic E-state index is 0.371. The van der Waals surface area contributed by atoms with Crippen molar-refractivity contribution in [3.63, 3.8) is 0 Å². The van der Waals surface area contributed by atoms with E-state index in [-0.39, 0.29) is 0 Å². The van der Waals surface area contributed by atoms with Gasteiger partial charge in [0.1, 0.15) is 0 Å². The molecule has 0 radical (unpaired) electrons. The van der Waals surface area contributed by atoms with Crippen molar-refractivity contribution in [2.75, 3.05) is 13.1 Å². The maximum absolute atomic E-state index is 8.75. The van der Waals surface area contributed by atoms with E-state index in [1.165, 1.54) is 44.9 Å². The van der Waals surface area contributed by atoms with Crippen LogP contribution in [0.5, 0.6) is 0 Å². The summed E-state index contributed by atoms with van der Waals surface area (Å²) in [5.74, 6) is 1.93. The van der Waals surface area contributed by atoms with Crippen LogP contribution in [-0.4, -0.2) is 13.1 Å². The van der Waals surface area contributed by atoms with Crippen LogP contribution in [0.3, 0.4) is 0 Å². The molecule has 2 aliphatic carbocycles. The van der Waals surface area contributed by atoms with Gasteiger partial charge in [0.05, 0.1) is 6.07 Å². The second-order valence-corrected chi connectivity index (χ2v) is 6.43. The Kier molecular flexibility index (Phi) is 4.45. The van der Waals surface area contributed by atoms with Crippen molar-refractivity contribution < 1.29 is 0 Å². The van der Waals surface area contributed by atoms with Crippen molar-refractivity contribution in [3.05, 3.63) is 0 Å². The van der Waals surface area contributed by atoms with Crippen LogP contribution >= 0.6 is 0 Å². The number of hydrogen-bond donors (Lipinski definition) is 1. The minimum Gasteiger partial charge on any atom is -0.316 e. The summed E-state index contributed by atoms with van der Waals surface area (Å²) >= 11 is 0. The van der Waals surface area contributed by atoms with Gasteiger partial charge in [-0.15, -0.1) is 0 Å². The van der Waals surface area contributed by atoms with Gasteiger partial charge in [-0.3, -0.25) is 0 Å². The van der Waals surface area contributed by atoms with Crippen LogP contribution in [0.2, 0.25) is 0 Å². The molecule has 2 aliphatic rings. The normalized spacial score (nSPS) is 30.8. The number of nitrogens with zero attached hydrogens (tertiary/aromatic N) is 1. The molecule has 2 heteroatoms. The van der Waals surface area contributed by atoms with Gasteiger partial charge < -0.3 is 5.32 Å². The third kappa shape index (κ3) is 4.00. The van der Waals surface area contributed by atoms with Gasteiger partial charge in [-0.05, 0) is 43.1 Å². The molecule has 0 heterocycles. The highest BCUT2D eigenvalue weighted by Gasteiger charge is 2.41. The first-order chi connectivity index (χ1) is 8.24. The van der Waals surface area contributed by atoms with E-state index in [4.69, 9.17) is 5.26 Å². The van der Waals surface area contributed by atoms with Crippen LogP contribution in [0.1, 0.15) is 58.3 Å². The lowest BCUT2D eigenvalue weighted by molar-refractivity contribution is 0.273. The van der Waals surface area contributed by atoms with E-state index < -0.39 is 0 Å².